The van der Waals surface area contributed by atoms with Crippen molar-refractivity contribution in [2.75, 3.05) is 13.1 Å². The summed E-state index contributed by atoms with van der Waals surface area (Å²) in [4.78, 5) is 0. The van der Waals surface area contributed by atoms with E-state index in [0.717, 1.165) is 36.8 Å². The van der Waals surface area contributed by atoms with Crippen LogP contribution in [-0.4, -0.2) is 22.9 Å². The number of nitrogens with one attached hydrogen (secondary N) is 1. The van der Waals surface area contributed by atoms with Crippen LogP contribution in [0.5, 0.6) is 0 Å². The predicted molar refractivity (Wildman–Crippen MR) is 78.3 cm³/mol. The molecule has 0 aliphatic heterocycles. The molecule has 0 aliphatic rings. The van der Waals surface area contributed by atoms with Crippen LogP contribution >= 0.6 is 11.6 Å². The van der Waals surface area contributed by atoms with Crippen molar-refractivity contribution < 1.29 is 0 Å². The Bertz CT molecular complexity index is 360. The molecule has 3 nitrogen and oxygen atoms in total. The van der Waals surface area contributed by atoms with Crippen LogP contribution in [0.4, 0.5) is 0 Å². The Kier molecular flexibility index (Phi) is 6.72. The van der Waals surface area contributed by atoms with Crippen molar-refractivity contribution in [3.63, 3.8) is 0 Å². The Morgan fingerprint density at radius 3 is 2.67 bits per heavy atom. The molecule has 0 fully saturated rings. The summed E-state index contributed by atoms with van der Waals surface area (Å²) in [5.41, 5.74) is 2.14. The molecule has 1 rings (SSSR count). The Morgan fingerprint density at radius 1 is 1.33 bits per heavy atom. The van der Waals surface area contributed by atoms with Crippen LogP contribution in [0, 0.1) is 12.8 Å². The van der Waals surface area contributed by atoms with Crippen molar-refractivity contribution in [3.8, 4) is 0 Å². The number of nitrogens with zero attached hydrogens (tertiary/aromatic N) is 2. The van der Waals surface area contributed by atoms with Crippen LogP contribution in [0.25, 0.3) is 0 Å². The summed E-state index contributed by atoms with van der Waals surface area (Å²) < 4.78 is 2.04. The summed E-state index contributed by atoms with van der Waals surface area (Å²) in [6.07, 6.45) is 3.40. The van der Waals surface area contributed by atoms with E-state index in [1.54, 1.807) is 0 Å². The molecule has 1 aromatic heterocycles. The molecule has 4 heteroatoms. The zero-order chi connectivity index (χ0) is 13.5. The van der Waals surface area contributed by atoms with Gasteiger partial charge in [-0.2, -0.15) is 5.10 Å². The smallest absolute Gasteiger partial charge is 0.0847 e. The van der Waals surface area contributed by atoms with Crippen molar-refractivity contribution in [3.05, 3.63) is 16.4 Å². The third-order valence-electron chi connectivity index (χ3n) is 3.24. The SMILES string of the molecule is CCCNCCC(C)Cc1c(Cl)c(C)nn1CC. The lowest BCUT2D eigenvalue weighted by Crippen LogP contribution is -2.19. The molecular formula is C14H26ClN3. The van der Waals surface area contributed by atoms with Gasteiger partial charge in [0.25, 0.3) is 0 Å². The van der Waals surface area contributed by atoms with Crippen LogP contribution < -0.4 is 5.32 Å². The van der Waals surface area contributed by atoms with E-state index in [1.165, 1.54) is 18.5 Å². The van der Waals surface area contributed by atoms with E-state index in [2.05, 4.69) is 31.2 Å². The minimum atomic E-state index is 0.633. The molecule has 1 atom stereocenters. The third-order valence-corrected chi connectivity index (χ3v) is 3.73. The van der Waals surface area contributed by atoms with Crippen molar-refractivity contribution in [1.82, 2.24) is 15.1 Å². The predicted octanol–water partition coefficient (Wildman–Crippen LogP) is 3.43. The Labute approximate surface area is 116 Å². The number of halogens is 1. The van der Waals surface area contributed by atoms with Crippen LogP contribution in [0.3, 0.4) is 0 Å². The van der Waals surface area contributed by atoms with Crippen molar-refractivity contribution in [2.24, 2.45) is 5.92 Å². The second-order valence-corrected chi connectivity index (χ2v) is 5.39. The van der Waals surface area contributed by atoms with E-state index in [0.29, 0.717) is 5.92 Å². The second kappa shape index (κ2) is 7.80. The molecule has 0 spiro atoms. The second-order valence-electron chi connectivity index (χ2n) is 5.01. The minimum Gasteiger partial charge on any atom is -0.317 e. The first-order valence-electron chi connectivity index (χ1n) is 7.02. The fourth-order valence-corrected chi connectivity index (χ4v) is 2.36. The highest BCUT2D eigenvalue weighted by Gasteiger charge is 2.15. The molecule has 1 N–H and O–H groups in total. The highest BCUT2D eigenvalue weighted by Crippen LogP contribution is 2.23. The quantitative estimate of drug-likeness (QED) is 0.734. The van der Waals surface area contributed by atoms with E-state index in [-0.39, 0.29) is 0 Å². The lowest BCUT2D eigenvalue weighted by atomic mass is 10.0. The molecule has 18 heavy (non-hydrogen) atoms. The van der Waals surface area contributed by atoms with Crippen LogP contribution in [0.1, 0.15) is 45.0 Å². The number of rotatable bonds is 8. The number of aryl methyl sites for hydroxylation is 2. The normalized spacial score (nSPS) is 12.9. The van der Waals surface area contributed by atoms with Crippen molar-refractivity contribution in [1.29, 1.82) is 0 Å². The first-order valence-corrected chi connectivity index (χ1v) is 7.40. The molecule has 0 aliphatic carbocycles. The minimum absolute atomic E-state index is 0.633. The van der Waals surface area contributed by atoms with Crippen LogP contribution in [-0.2, 0) is 13.0 Å². The van der Waals surface area contributed by atoms with Crippen LogP contribution in [0.15, 0.2) is 0 Å². The standard InChI is InChI=1S/C14H26ClN3/c1-5-8-16-9-7-11(3)10-13-14(15)12(4)17-18(13)6-2/h11,16H,5-10H2,1-4H3. The maximum Gasteiger partial charge on any atom is 0.0847 e. The molecule has 1 heterocycles. The lowest BCUT2D eigenvalue weighted by Gasteiger charge is -2.13. The van der Waals surface area contributed by atoms with E-state index in [9.17, 15) is 0 Å². The van der Waals surface area contributed by atoms with Gasteiger partial charge in [0.05, 0.1) is 16.4 Å². The van der Waals surface area contributed by atoms with Crippen LogP contribution in [0.2, 0.25) is 5.02 Å². The Hall–Kier alpha value is -0.540. The highest BCUT2D eigenvalue weighted by atomic mass is 35.5. The molecule has 0 radical (unpaired) electrons. The molecule has 0 amide bonds. The average molecular weight is 272 g/mol. The fraction of sp³-hybridized carbons (Fsp3) is 0.786. The van der Waals surface area contributed by atoms with Gasteiger partial charge in [-0.25, -0.2) is 0 Å². The van der Waals surface area contributed by atoms with E-state index in [1.807, 2.05) is 11.6 Å². The van der Waals surface area contributed by atoms with Crippen molar-refractivity contribution >= 4 is 11.6 Å². The van der Waals surface area contributed by atoms with Gasteiger partial charge in [0.1, 0.15) is 0 Å². The van der Waals surface area contributed by atoms with E-state index >= 15 is 0 Å². The van der Waals surface area contributed by atoms with Gasteiger partial charge in [-0.05, 0) is 52.1 Å². The maximum atomic E-state index is 6.32. The van der Waals surface area contributed by atoms with Crippen molar-refractivity contribution in [2.45, 2.75) is 53.5 Å². The average Bonchev–Trinajstić information content (AvgIpc) is 2.62. The molecular weight excluding hydrogens is 246 g/mol. The zero-order valence-electron chi connectivity index (χ0n) is 12.1. The molecule has 0 saturated carbocycles. The number of hydrogen-bond donors (Lipinski definition) is 1. The van der Waals surface area contributed by atoms with Gasteiger partial charge in [0, 0.05) is 6.54 Å². The lowest BCUT2D eigenvalue weighted by molar-refractivity contribution is 0.477. The largest absolute Gasteiger partial charge is 0.317 e. The summed E-state index contributed by atoms with van der Waals surface area (Å²) in [6.45, 7) is 11.7. The van der Waals surface area contributed by atoms with Gasteiger partial charge in [-0.15, -0.1) is 0 Å². The molecule has 1 unspecified atom stereocenters. The van der Waals surface area contributed by atoms with E-state index < -0.39 is 0 Å². The molecule has 0 bridgehead atoms. The Morgan fingerprint density at radius 2 is 2.06 bits per heavy atom. The molecule has 0 saturated heterocycles. The summed E-state index contributed by atoms with van der Waals surface area (Å²) in [7, 11) is 0. The number of aromatic nitrogens is 2. The fourth-order valence-electron chi connectivity index (χ4n) is 2.15. The first-order chi connectivity index (χ1) is 8.60. The van der Waals surface area contributed by atoms with Gasteiger partial charge in [-0.1, -0.05) is 25.4 Å². The maximum absolute atomic E-state index is 6.32. The zero-order valence-corrected chi connectivity index (χ0v) is 12.8. The molecule has 0 aromatic carbocycles. The van der Waals surface area contributed by atoms with Gasteiger partial charge < -0.3 is 5.32 Å². The third kappa shape index (κ3) is 4.29. The van der Waals surface area contributed by atoms with E-state index in [4.69, 9.17) is 11.6 Å². The summed E-state index contributed by atoms with van der Waals surface area (Å²) in [5.74, 6) is 0.633. The monoisotopic (exact) mass is 271 g/mol. The molecule has 1 aromatic rings. The summed E-state index contributed by atoms with van der Waals surface area (Å²) in [6, 6.07) is 0. The Balaban J connectivity index is 2.50. The summed E-state index contributed by atoms with van der Waals surface area (Å²) >= 11 is 6.32. The highest BCUT2D eigenvalue weighted by molar-refractivity contribution is 6.31. The van der Waals surface area contributed by atoms with Gasteiger partial charge in [0.15, 0.2) is 0 Å². The van der Waals surface area contributed by atoms with Gasteiger partial charge in [-0.3, -0.25) is 4.68 Å². The molecule has 104 valence electrons. The topological polar surface area (TPSA) is 29.9 Å². The van der Waals surface area contributed by atoms with Gasteiger partial charge in [0.2, 0.25) is 0 Å². The van der Waals surface area contributed by atoms with Gasteiger partial charge >= 0.3 is 0 Å². The number of hydrogen-bond acceptors (Lipinski definition) is 2. The summed E-state index contributed by atoms with van der Waals surface area (Å²) in [5, 5.41) is 8.76. The first kappa shape index (κ1) is 15.5.